The number of ether oxygens (including phenoxy) is 1. The van der Waals surface area contributed by atoms with Gasteiger partial charge in [0.1, 0.15) is 0 Å². The first kappa shape index (κ1) is 15.9. The predicted octanol–water partition coefficient (Wildman–Crippen LogP) is 2.20. The summed E-state index contributed by atoms with van der Waals surface area (Å²) in [7, 11) is 0. The van der Waals surface area contributed by atoms with Crippen LogP contribution in [0, 0.1) is 0 Å². The van der Waals surface area contributed by atoms with E-state index in [0.717, 1.165) is 26.2 Å². The molecule has 2 saturated heterocycles. The van der Waals surface area contributed by atoms with Crippen LogP contribution in [0.4, 0.5) is 0 Å². The van der Waals surface area contributed by atoms with Crippen LogP contribution in [0.1, 0.15) is 31.9 Å². The van der Waals surface area contributed by atoms with Crippen molar-refractivity contribution >= 4 is 0 Å². The first-order valence-corrected chi connectivity index (χ1v) is 8.77. The van der Waals surface area contributed by atoms with Gasteiger partial charge in [0.25, 0.3) is 0 Å². The molecule has 22 heavy (non-hydrogen) atoms. The average molecular weight is 303 g/mol. The van der Waals surface area contributed by atoms with Crippen LogP contribution >= 0.6 is 0 Å². The van der Waals surface area contributed by atoms with Crippen LogP contribution in [-0.2, 0) is 11.2 Å². The fourth-order valence-electron chi connectivity index (χ4n) is 3.91. The zero-order valence-electron chi connectivity index (χ0n) is 13.8. The molecule has 0 N–H and O–H groups in total. The number of nitrogens with zero attached hydrogens (tertiary/aromatic N) is 3. The Kier molecular flexibility index (Phi) is 5.45. The Bertz CT molecular complexity index is 437. The largest absolute Gasteiger partial charge is 0.381 e. The Morgan fingerprint density at radius 2 is 1.91 bits per heavy atom. The van der Waals surface area contributed by atoms with Gasteiger partial charge in [-0.2, -0.15) is 0 Å². The summed E-state index contributed by atoms with van der Waals surface area (Å²) in [6.45, 7) is 10.1. The topological polar surface area (TPSA) is 28.6 Å². The molecule has 2 aliphatic rings. The highest BCUT2D eigenvalue weighted by molar-refractivity contribution is 5.04. The molecule has 0 atom stereocenters. The van der Waals surface area contributed by atoms with E-state index in [1.54, 1.807) is 0 Å². The molecule has 0 saturated carbocycles. The Morgan fingerprint density at radius 3 is 2.55 bits per heavy atom. The van der Waals surface area contributed by atoms with E-state index in [2.05, 4.69) is 33.8 Å². The average Bonchev–Trinajstić information content (AvgIpc) is 2.62. The highest BCUT2D eigenvalue weighted by Crippen LogP contribution is 2.32. The molecule has 0 unspecified atom stereocenters. The highest BCUT2D eigenvalue weighted by Gasteiger charge is 2.37. The van der Waals surface area contributed by atoms with Crippen LogP contribution in [0.15, 0.2) is 24.4 Å². The van der Waals surface area contributed by atoms with E-state index in [1.807, 2.05) is 12.3 Å². The van der Waals surface area contributed by atoms with Crippen molar-refractivity contribution in [3.8, 4) is 0 Å². The smallest absolute Gasteiger partial charge is 0.0483 e. The molecule has 3 heterocycles. The normalized spacial score (nSPS) is 23.5. The number of rotatable bonds is 5. The second kappa shape index (κ2) is 7.53. The minimum Gasteiger partial charge on any atom is -0.381 e. The summed E-state index contributed by atoms with van der Waals surface area (Å²) in [5.74, 6) is 0. The number of hydrogen-bond acceptors (Lipinski definition) is 4. The fraction of sp³-hybridized carbons (Fsp3) is 0.722. The maximum Gasteiger partial charge on any atom is 0.0483 e. The molecule has 122 valence electrons. The SMILES string of the molecule is CCC1(N2CCN(CCc3ccccn3)CC2)CCOCC1. The molecule has 0 spiro atoms. The second-order valence-electron chi connectivity index (χ2n) is 6.59. The van der Waals surface area contributed by atoms with Gasteiger partial charge in [-0.15, -0.1) is 0 Å². The molecule has 0 aromatic carbocycles. The van der Waals surface area contributed by atoms with Crippen LogP contribution in [0.2, 0.25) is 0 Å². The van der Waals surface area contributed by atoms with Crippen molar-refractivity contribution in [2.75, 3.05) is 45.9 Å². The molecule has 2 fully saturated rings. The van der Waals surface area contributed by atoms with Gasteiger partial charge in [-0.05, 0) is 31.4 Å². The lowest BCUT2D eigenvalue weighted by molar-refractivity contribution is -0.0490. The van der Waals surface area contributed by atoms with Crippen molar-refractivity contribution in [3.05, 3.63) is 30.1 Å². The third-order valence-corrected chi connectivity index (χ3v) is 5.54. The van der Waals surface area contributed by atoms with E-state index >= 15 is 0 Å². The minimum absolute atomic E-state index is 0.408. The molecule has 1 aromatic rings. The number of pyridine rings is 1. The maximum atomic E-state index is 5.58. The summed E-state index contributed by atoms with van der Waals surface area (Å²) < 4.78 is 5.58. The summed E-state index contributed by atoms with van der Waals surface area (Å²) in [6.07, 6.45) is 6.62. The number of aromatic nitrogens is 1. The van der Waals surface area contributed by atoms with E-state index in [1.165, 1.54) is 51.1 Å². The number of hydrogen-bond donors (Lipinski definition) is 0. The van der Waals surface area contributed by atoms with E-state index in [-0.39, 0.29) is 0 Å². The molecule has 0 aliphatic carbocycles. The zero-order chi connectivity index (χ0) is 15.3. The summed E-state index contributed by atoms with van der Waals surface area (Å²) in [4.78, 5) is 9.76. The van der Waals surface area contributed by atoms with E-state index in [4.69, 9.17) is 4.74 Å². The van der Waals surface area contributed by atoms with Gasteiger partial charge in [-0.25, -0.2) is 0 Å². The molecular formula is C18H29N3O. The second-order valence-corrected chi connectivity index (χ2v) is 6.59. The van der Waals surface area contributed by atoms with E-state index in [0.29, 0.717) is 5.54 Å². The van der Waals surface area contributed by atoms with Crippen molar-refractivity contribution in [3.63, 3.8) is 0 Å². The van der Waals surface area contributed by atoms with Crippen LogP contribution in [-0.4, -0.2) is 66.3 Å². The Morgan fingerprint density at radius 1 is 1.14 bits per heavy atom. The highest BCUT2D eigenvalue weighted by atomic mass is 16.5. The third kappa shape index (κ3) is 3.67. The minimum atomic E-state index is 0.408. The van der Waals surface area contributed by atoms with Crippen molar-refractivity contribution < 1.29 is 4.74 Å². The van der Waals surface area contributed by atoms with Crippen molar-refractivity contribution in [1.82, 2.24) is 14.8 Å². The molecule has 0 amide bonds. The van der Waals surface area contributed by atoms with E-state index in [9.17, 15) is 0 Å². The maximum absolute atomic E-state index is 5.58. The lowest BCUT2D eigenvalue weighted by Crippen LogP contribution is -2.58. The van der Waals surface area contributed by atoms with Gasteiger partial charge in [0, 0.05) is 69.8 Å². The summed E-state index contributed by atoms with van der Waals surface area (Å²) in [6, 6.07) is 6.20. The molecule has 2 aliphatic heterocycles. The lowest BCUT2D eigenvalue weighted by atomic mass is 9.85. The molecule has 1 aromatic heterocycles. The van der Waals surface area contributed by atoms with Crippen LogP contribution in [0.5, 0.6) is 0 Å². The van der Waals surface area contributed by atoms with Gasteiger partial charge in [0.2, 0.25) is 0 Å². The van der Waals surface area contributed by atoms with Gasteiger partial charge < -0.3 is 9.64 Å². The predicted molar refractivity (Wildman–Crippen MR) is 89.0 cm³/mol. The monoisotopic (exact) mass is 303 g/mol. The van der Waals surface area contributed by atoms with Gasteiger partial charge in [-0.1, -0.05) is 13.0 Å². The number of piperazine rings is 1. The van der Waals surface area contributed by atoms with Crippen molar-refractivity contribution in [2.45, 2.75) is 38.1 Å². The van der Waals surface area contributed by atoms with Crippen molar-refractivity contribution in [2.24, 2.45) is 0 Å². The zero-order valence-corrected chi connectivity index (χ0v) is 13.8. The van der Waals surface area contributed by atoms with Gasteiger partial charge in [0.05, 0.1) is 0 Å². The van der Waals surface area contributed by atoms with Crippen LogP contribution in [0.3, 0.4) is 0 Å². The molecule has 0 bridgehead atoms. The quantitative estimate of drug-likeness (QED) is 0.834. The Balaban J connectivity index is 1.47. The molecule has 4 heteroatoms. The third-order valence-electron chi connectivity index (χ3n) is 5.54. The first-order chi connectivity index (χ1) is 10.8. The standard InChI is InChI=1S/C18H29N3O/c1-2-18(7-15-22-16-8-18)21-13-11-20(12-14-21)10-6-17-5-3-4-9-19-17/h3-5,9H,2,6-8,10-16H2,1H3. The van der Waals surface area contributed by atoms with Crippen LogP contribution in [0.25, 0.3) is 0 Å². The Labute approximate surface area is 134 Å². The Hall–Kier alpha value is -0.970. The fourth-order valence-corrected chi connectivity index (χ4v) is 3.91. The van der Waals surface area contributed by atoms with Crippen LogP contribution < -0.4 is 0 Å². The summed E-state index contributed by atoms with van der Waals surface area (Å²) in [5.41, 5.74) is 1.62. The lowest BCUT2D eigenvalue weighted by Gasteiger charge is -2.49. The van der Waals surface area contributed by atoms with Gasteiger partial charge in [-0.3, -0.25) is 9.88 Å². The van der Waals surface area contributed by atoms with Gasteiger partial charge >= 0.3 is 0 Å². The molecule has 0 radical (unpaired) electrons. The van der Waals surface area contributed by atoms with E-state index < -0.39 is 0 Å². The molecule has 4 nitrogen and oxygen atoms in total. The van der Waals surface area contributed by atoms with Gasteiger partial charge in [0.15, 0.2) is 0 Å². The summed E-state index contributed by atoms with van der Waals surface area (Å²) >= 11 is 0. The van der Waals surface area contributed by atoms with Crippen molar-refractivity contribution in [1.29, 1.82) is 0 Å². The molecular weight excluding hydrogens is 274 g/mol. The first-order valence-electron chi connectivity index (χ1n) is 8.77. The summed E-state index contributed by atoms with van der Waals surface area (Å²) in [5, 5.41) is 0. The molecule has 3 rings (SSSR count).